The van der Waals surface area contributed by atoms with Gasteiger partial charge < -0.3 is 11.1 Å². The van der Waals surface area contributed by atoms with Crippen LogP contribution in [0.4, 0.5) is 0 Å². The van der Waals surface area contributed by atoms with Gasteiger partial charge in [0.05, 0.1) is 10.5 Å². The molecule has 2 heterocycles. The smallest absolute Gasteiger partial charge is 0.266 e. The Kier molecular flexibility index (Phi) is 4.61. The maximum absolute atomic E-state index is 12.5. The highest BCUT2D eigenvalue weighted by molar-refractivity contribution is 7.90. The molecule has 0 unspecified atom stereocenters. The number of hydrogen-bond donors (Lipinski definition) is 3. The first-order valence-corrected chi connectivity index (χ1v) is 9.02. The molecule has 0 saturated carbocycles. The first-order valence-electron chi connectivity index (χ1n) is 7.54. The number of nitrogens with zero attached hydrogens (tertiary/aromatic N) is 1. The van der Waals surface area contributed by atoms with Gasteiger partial charge in [-0.1, -0.05) is 12.1 Å². The molecule has 2 aromatic rings. The third-order valence-electron chi connectivity index (χ3n) is 3.96. The molecule has 0 atom stereocenters. The second-order valence-electron chi connectivity index (χ2n) is 5.53. The molecule has 0 aliphatic carbocycles. The molecular formula is C16H18N4O3S. The third-order valence-corrected chi connectivity index (χ3v) is 5.30. The summed E-state index contributed by atoms with van der Waals surface area (Å²) < 4.78 is 26.9. The van der Waals surface area contributed by atoms with Crippen molar-refractivity contribution in [3.8, 4) is 0 Å². The van der Waals surface area contributed by atoms with Crippen molar-refractivity contribution in [2.24, 2.45) is 5.73 Å². The lowest BCUT2D eigenvalue weighted by Crippen LogP contribution is -2.33. The fraction of sp³-hybridized carbons (Fsp3) is 0.250. The number of fused-ring (bicyclic) bond motifs is 1. The van der Waals surface area contributed by atoms with E-state index in [0.29, 0.717) is 25.1 Å². The fourth-order valence-corrected chi connectivity index (χ4v) is 3.62. The summed E-state index contributed by atoms with van der Waals surface area (Å²) in [7, 11) is -3.94. The van der Waals surface area contributed by atoms with Crippen LogP contribution >= 0.6 is 0 Å². The monoisotopic (exact) mass is 346 g/mol. The molecule has 1 amide bonds. The van der Waals surface area contributed by atoms with Gasteiger partial charge in [0, 0.05) is 25.5 Å². The lowest BCUT2D eigenvalue weighted by Gasteiger charge is -2.19. The Morgan fingerprint density at radius 2 is 2.00 bits per heavy atom. The van der Waals surface area contributed by atoms with Crippen molar-refractivity contribution in [1.29, 1.82) is 0 Å². The summed E-state index contributed by atoms with van der Waals surface area (Å²) in [6.45, 7) is 1.68. The van der Waals surface area contributed by atoms with Gasteiger partial charge in [0.25, 0.3) is 15.9 Å². The van der Waals surface area contributed by atoms with Crippen molar-refractivity contribution in [3.05, 3.63) is 58.9 Å². The van der Waals surface area contributed by atoms with Gasteiger partial charge in [0.2, 0.25) is 0 Å². The van der Waals surface area contributed by atoms with Gasteiger partial charge in [-0.05, 0) is 41.8 Å². The van der Waals surface area contributed by atoms with Crippen LogP contribution in [0.1, 0.15) is 27.0 Å². The summed E-state index contributed by atoms with van der Waals surface area (Å²) in [5.74, 6) is -0.663. The average molecular weight is 346 g/mol. The summed E-state index contributed by atoms with van der Waals surface area (Å²) in [5.41, 5.74) is 8.37. The van der Waals surface area contributed by atoms with E-state index in [9.17, 15) is 13.2 Å². The molecule has 1 aromatic carbocycles. The van der Waals surface area contributed by atoms with Gasteiger partial charge >= 0.3 is 0 Å². The van der Waals surface area contributed by atoms with Gasteiger partial charge in [-0.2, -0.15) is 0 Å². The Balaban J connectivity index is 1.86. The number of aromatic nitrogens is 1. The summed E-state index contributed by atoms with van der Waals surface area (Å²) in [6.07, 6.45) is 3.76. The topological polar surface area (TPSA) is 114 Å². The van der Waals surface area contributed by atoms with E-state index in [4.69, 9.17) is 5.73 Å². The number of nitrogens with two attached hydrogens (primary N) is 1. The molecule has 24 heavy (non-hydrogen) atoms. The van der Waals surface area contributed by atoms with Crippen LogP contribution in [-0.4, -0.2) is 25.9 Å². The average Bonchev–Trinajstić information content (AvgIpc) is 2.61. The minimum atomic E-state index is -3.94. The van der Waals surface area contributed by atoms with Crippen LogP contribution in [0.3, 0.4) is 0 Å². The van der Waals surface area contributed by atoms with Crippen LogP contribution in [0.15, 0.2) is 41.6 Å². The van der Waals surface area contributed by atoms with Gasteiger partial charge in [0.1, 0.15) is 0 Å². The highest BCUT2D eigenvalue weighted by Gasteiger charge is 2.23. The van der Waals surface area contributed by atoms with Crippen LogP contribution in [0.2, 0.25) is 0 Å². The predicted octanol–water partition coefficient (Wildman–Crippen LogP) is 0.305. The Bertz CT molecular complexity index is 863. The van der Waals surface area contributed by atoms with Crippen molar-refractivity contribution in [3.63, 3.8) is 0 Å². The van der Waals surface area contributed by atoms with Crippen molar-refractivity contribution in [2.45, 2.75) is 24.4 Å². The molecule has 4 N–H and O–H groups in total. The Labute approximate surface area is 140 Å². The van der Waals surface area contributed by atoms with Crippen molar-refractivity contribution >= 4 is 15.9 Å². The number of hydrogen-bond acceptors (Lipinski definition) is 6. The minimum Gasteiger partial charge on any atom is -0.326 e. The van der Waals surface area contributed by atoms with E-state index >= 15 is 0 Å². The van der Waals surface area contributed by atoms with Crippen LogP contribution in [0, 0.1) is 0 Å². The SMILES string of the molecule is NCc1ccc(S(=O)(=O)NC(=O)c2cncc3c2CCNC3)cc1. The van der Waals surface area contributed by atoms with Crippen LogP contribution < -0.4 is 15.8 Å². The number of sulfonamides is 1. The Hall–Kier alpha value is -2.29. The maximum atomic E-state index is 12.5. The number of nitrogens with one attached hydrogen (secondary N) is 2. The number of benzene rings is 1. The summed E-state index contributed by atoms with van der Waals surface area (Å²) in [5, 5.41) is 3.19. The zero-order chi connectivity index (χ0) is 17.2. The number of pyridine rings is 1. The number of carbonyl (C=O) groups excluding carboxylic acids is 1. The predicted molar refractivity (Wildman–Crippen MR) is 88.6 cm³/mol. The van der Waals surface area contributed by atoms with E-state index in [-0.39, 0.29) is 4.90 Å². The van der Waals surface area contributed by atoms with Crippen LogP contribution in [-0.2, 0) is 29.5 Å². The van der Waals surface area contributed by atoms with Crippen molar-refractivity contribution in [2.75, 3.05) is 6.54 Å². The van der Waals surface area contributed by atoms with Crippen LogP contribution in [0.5, 0.6) is 0 Å². The van der Waals surface area contributed by atoms with E-state index in [0.717, 1.165) is 23.2 Å². The molecule has 1 aliphatic rings. The molecular weight excluding hydrogens is 328 g/mol. The molecule has 126 valence electrons. The van der Waals surface area contributed by atoms with E-state index in [1.165, 1.54) is 18.3 Å². The molecule has 0 radical (unpaired) electrons. The summed E-state index contributed by atoms with van der Waals surface area (Å²) >= 11 is 0. The summed E-state index contributed by atoms with van der Waals surface area (Å²) in [6, 6.07) is 6.11. The van der Waals surface area contributed by atoms with E-state index in [1.807, 2.05) is 0 Å². The van der Waals surface area contributed by atoms with Crippen molar-refractivity contribution < 1.29 is 13.2 Å². The van der Waals surface area contributed by atoms with E-state index in [2.05, 4.69) is 15.0 Å². The second kappa shape index (κ2) is 6.68. The molecule has 8 heteroatoms. The second-order valence-corrected chi connectivity index (χ2v) is 7.22. The standard InChI is InChI=1S/C16H18N4O3S/c17-7-11-1-3-13(4-2-11)24(22,23)20-16(21)15-10-19-9-12-8-18-6-5-14(12)15/h1-4,9-10,18H,5-8,17H2,(H,20,21). The Morgan fingerprint density at radius 3 is 2.71 bits per heavy atom. The zero-order valence-corrected chi connectivity index (χ0v) is 13.8. The molecule has 0 bridgehead atoms. The van der Waals surface area contributed by atoms with Gasteiger partial charge in [0.15, 0.2) is 0 Å². The molecule has 0 spiro atoms. The first-order chi connectivity index (χ1) is 11.5. The third kappa shape index (κ3) is 3.30. The number of carbonyl (C=O) groups is 1. The lowest BCUT2D eigenvalue weighted by molar-refractivity contribution is 0.0980. The van der Waals surface area contributed by atoms with Crippen LogP contribution in [0.25, 0.3) is 0 Å². The minimum absolute atomic E-state index is 0.0208. The molecule has 0 saturated heterocycles. The molecule has 7 nitrogen and oxygen atoms in total. The highest BCUT2D eigenvalue weighted by Crippen LogP contribution is 2.18. The van der Waals surface area contributed by atoms with Gasteiger partial charge in [-0.3, -0.25) is 9.78 Å². The first kappa shape index (κ1) is 16.6. The maximum Gasteiger partial charge on any atom is 0.266 e. The fourth-order valence-electron chi connectivity index (χ4n) is 2.65. The Morgan fingerprint density at radius 1 is 1.25 bits per heavy atom. The summed E-state index contributed by atoms with van der Waals surface area (Å²) in [4.78, 5) is 16.5. The number of amides is 1. The zero-order valence-electron chi connectivity index (χ0n) is 13.0. The van der Waals surface area contributed by atoms with E-state index in [1.54, 1.807) is 18.3 Å². The molecule has 3 rings (SSSR count). The largest absolute Gasteiger partial charge is 0.326 e. The lowest BCUT2D eigenvalue weighted by atomic mass is 9.98. The van der Waals surface area contributed by atoms with Gasteiger partial charge in [-0.15, -0.1) is 0 Å². The normalized spacial score (nSPS) is 14.0. The molecule has 1 aromatic heterocycles. The van der Waals surface area contributed by atoms with Crippen molar-refractivity contribution in [1.82, 2.24) is 15.0 Å². The quantitative estimate of drug-likeness (QED) is 0.734. The highest BCUT2D eigenvalue weighted by atomic mass is 32.2. The van der Waals surface area contributed by atoms with E-state index < -0.39 is 15.9 Å². The number of rotatable bonds is 4. The molecule has 0 fully saturated rings. The molecule has 1 aliphatic heterocycles. The van der Waals surface area contributed by atoms with Gasteiger partial charge in [-0.25, -0.2) is 13.1 Å².